The van der Waals surface area contributed by atoms with E-state index in [1.54, 1.807) is 24.3 Å². The molecule has 1 amide bonds. The van der Waals surface area contributed by atoms with Gasteiger partial charge in [-0.05, 0) is 55.5 Å². The molecule has 3 rings (SSSR count). The van der Waals surface area contributed by atoms with Crippen LogP contribution in [-0.2, 0) is 11.3 Å². The Morgan fingerprint density at radius 2 is 2.04 bits per heavy atom. The Labute approximate surface area is 162 Å². The Balaban J connectivity index is 1.60. The smallest absolute Gasteiger partial charge is 0.266 e. The molecule has 0 aliphatic rings. The van der Waals surface area contributed by atoms with Crippen LogP contribution in [0.5, 0.6) is 5.75 Å². The normalized spacial score (nSPS) is 10.9. The van der Waals surface area contributed by atoms with Crippen LogP contribution in [0.2, 0.25) is 0 Å². The van der Waals surface area contributed by atoms with Crippen LogP contribution in [0.15, 0.2) is 70.1 Å². The highest BCUT2D eigenvalue weighted by Crippen LogP contribution is 2.19. The van der Waals surface area contributed by atoms with E-state index in [2.05, 4.69) is 10.4 Å². The first-order valence-electron chi connectivity index (χ1n) is 8.96. The van der Waals surface area contributed by atoms with Crippen molar-refractivity contribution < 1.29 is 13.9 Å². The van der Waals surface area contributed by atoms with Gasteiger partial charge < -0.3 is 14.5 Å². The van der Waals surface area contributed by atoms with E-state index in [9.17, 15) is 9.59 Å². The van der Waals surface area contributed by atoms with E-state index in [-0.39, 0.29) is 24.6 Å². The van der Waals surface area contributed by atoms with Crippen molar-refractivity contribution in [3.05, 3.63) is 77.0 Å². The molecule has 0 radical (unpaired) electrons. The van der Waals surface area contributed by atoms with E-state index in [0.29, 0.717) is 18.1 Å². The molecule has 144 valence electrons. The molecule has 0 saturated heterocycles. The second-order valence-corrected chi connectivity index (χ2v) is 5.88. The van der Waals surface area contributed by atoms with Crippen LogP contribution in [0.3, 0.4) is 0 Å². The summed E-state index contributed by atoms with van der Waals surface area (Å²) < 4.78 is 11.9. The second kappa shape index (κ2) is 9.36. The van der Waals surface area contributed by atoms with Gasteiger partial charge in [-0.3, -0.25) is 9.59 Å². The molecule has 0 saturated carbocycles. The maximum absolute atomic E-state index is 12.0. The number of benzene rings is 1. The van der Waals surface area contributed by atoms with E-state index in [1.165, 1.54) is 23.1 Å². The van der Waals surface area contributed by atoms with Gasteiger partial charge in [0.05, 0.1) is 25.1 Å². The zero-order valence-corrected chi connectivity index (χ0v) is 15.5. The minimum absolute atomic E-state index is 0.227. The molecule has 1 N–H and O–H groups in total. The minimum atomic E-state index is -0.271. The van der Waals surface area contributed by atoms with Crippen molar-refractivity contribution in [1.82, 2.24) is 15.1 Å². The summed E-state index contributed by atoms with van der Waals surface area (Å²) in [5, 5.41) is 7.10. The molecule has 0 fully saturated rings. The summed E-state index contributed by atoms with van der Waals surface area (Å²) in [4.78, 5) is 23.9. The number of rotatable bonds is 8. The number of nitrogens with zero attached hydrogens (tertiary/aromatic N) is 2. The molecule has 0 aliphatic carbocycles. The molecule has 2 heterocycles. The average Bonchev–Trinajstić information content (AvgIpc) is 3.22. The fraction of sp³-hybridized carbons (Fsp3) is 0.190. The zero-order valence-electron chi connectivity index (χ0n) is 15.5. The molecule has 0 spiro atoms. The van der Waals surface area contributed by atoms with Crippen LogP contribution in [0.4, 0.5) is 0 Å². The second-order valence-electron chi connectivity index (χ2n) is 5.88. The quantitative estimate of drug-likeness (QED) is 0.608. The summed E-state index contributed by atoms with van der Waals surface area (Å²) in [5.74, 6) is 1.10. The number of carbonyl (C=O) groups is 1. The molecule has 0 atom stereocenters. The van der Waals surface area contributed by atoms with E-state index >= 15 is 0 Å². The first-order chi connectivity index (χ1) is 13.7. The van der Waals surface area contributed by atoms with Gasteiger partial charge in [-0.15, -0.1) is 0 Å². The van der Waals surface area contributed by atoms with Crippen LogP contribution in [0.1, 0.15) is 12.7 Å². The summed E-state index contributed by atoms with van der Waals surface area (Å²) in [7, 11) is 0. The van der Waals surface area contributed by atoms with E-state index < -0.39 is 0 Å². The van der Waals surface area contributed by atoms with Crippen molar-refractivity contribution in [2.45, 2.75) is 13.5 Å². The highest BCUT2D eigenvalue weighted by atomic mass is 16.5. The van der Waals surface area contributed by atoms with Crippen molar-refractivity contribution in [2.75, 3.05) is 13.2 Å². The highest BCUT2D eigenvalue weighted by Gasteiger charge is 2.05. The number of hydrogen-bond acceptors (Lipinski definition) is 5. The first-order valence-corrected chi connectivity index (χ1v) is 8.96. The van der Waals surface area contributed by atoms with Crippen molar-refractivity contribution in [2.24, 2.45) is 0 Å². The summed E-state index contributed by atoms with van der Waals surface area (Å²) in [5.41, 5.74) is 1.32. The monoisotopic (exact) mass is 379 g/mol. The summed E-state index contributed by atoms with van der Waals surface area (Å²) in [6, 6.07) is 14.2. The number of carbonyl (C=O) groups excluding carboxylic acids is 1. The number of furan rings is 1. The molecule has 3 aromatic rings. The van der Waals surface area contributed by atoms with Crippen LogP contribution >= 0.6 is 0 Å². The predicted octanol–water partition coefficient (Wildman–Crippen LogP) is 2.73. The van der Waals surface area contributed by atoms with E-state index in [4.69, 9.17) is 9.15 Å². The molecule has 0 aliphatic heterocycles. The molecule has 7 nitrogen and oxygen atoms in total. The maximum Gasteiger partial charge on any atom is 0.266 e. The van der Waals surface area contributed by atoms with E-state index in [0.717, 1.165) is 11.3 Å². The molecular formula is C21H21N3O4. The molecule has 0 unspecified atom stereocenters. The fourth-order valence-electron chi connectivity index (χ4n) is 2.54. The molecule has 7 heteroatoms. The van der Waals surface area contributed by atoms with Gasteiger partial charge in [0.1, 0.15) is 11.5 Å². The number of hydrogen-bond donors (Lipinski definition) is 1. The number of ether oxygens (including phenoxy) is 1. The number of amides is 1. The Kier molecular flexibility index (Phi) is 6.41. The van der Waals surface area contributed by atoms with Crippen molar-refractivity contribution >= 4 is 12.0 Å². The SMILES string of the molecule is CCOc1ccc(-c2ccc(=O)n(CCNC(=O)/C=C/c3ccco3)n2)cc1. The Bertz CT molecular complexity index is 989. The standard InChI is InChI=1S/C21H21N3O4/c1-2-27-18-7-5-16(6-8-18)19-10-12-21(26)24(23-19)14-13-22-20(25)11-9-17-4-3-15-28-17/h3-12,15H,2,13-14H2,1H3,(H,22,25)/b11-9+. The van der Waals surface area contributed by atoms with Gasteiger partial charge in [0, 0.05) is 24.3 Å². The molecule has 1 aromatic carbocycles. The maximum atomic E-state index is 12.0. The third-order valence-electron chi connectivity index (χ3n) is 3.89. The third-order valence-corrected chi connectivity index (χ3v) is 3.89. The van der Waals surface area contributed by atoms with Gasteiger partial charge in [-0.2, -0.15) is 5.10 Å². The van der Waals surface area contributed by atoms with Crippen LogP contribution < -0.4 is 15.6 Å². The summed E-state index contributed by atoms with van der Waals surface area (Å²) >= 11 is 0. The van der Waals surface area contributed by atoms with Gasteiger partial charge in [-0.25, -0.2) is 4.68 Å². The van der Waals surface area contributed by atoms with Gasteiger partial charge in [-0.1, -0.05) is 0 Å². The summed E-state index contributed by atoms with van der Waals surface area (Å²) in [6.45, 7) is 3.08. The fourth-order valence-corrected chi connectivity index (χ4v) is 2.54. The third kappa shape index (κ3) is 5.20. The van der Waals surface area contributed by atoms with Gasteiger partial charge in [0.15, 0.2) is 0 Å². The van der Waals surface area contributed by atoms with Crippen LogP contribution in [-0.4, -0.2) is 28.8 Å². The van der Waals surface area contributed by atoms with Crippen LogP contribution in [0, 0.1) is 0 Å². The lowest BCUT2D eigenvalue weighted by Gasteiger charge is -2.08. The Morgan fingerprint density at radius 3 is 2.75 bits per heavy atom. The molecule has 0 bridgehead atoms. The first kappa shape index (κ1) is 19.2. The van der Waals surface area contributed by atoms with Gasteiger partial charge >= 0.3 is 0 Å². The lowest BCUT2D eigenvalue weighted by molar-refractivity contribution is -0.116. The number of aromatic nitrogens is 2. The van der Waals surface area contributed by atoms with Crippen molar-refractivity contribution in [1.29, 1.82) is 0 Å². The number of nitrogens with one attached hydrogen (secondary N) is 1. The molecule has 2 aromatic heterocycles. The lowest BCUT2D eigenvalue weighted by atomic mass is 10.1. The highest BCUT2D eigenvalue weighted by molar-refractivity contribution is 5.91. The van der Waals surface area contributed by atoms with Crippen molar-refractivity contribution in [3.8, 4) is 17.0 Å². The topological polar surface area (TPSA) is 86.4 Å². The Morgan fingerprint density at radius 1 is 1.21 bits per heavy atom. The summed E-state index contributed by atoms with van der Waals surface area (Å²) in [6.07, 6.45) is 4.49. The Hall–Kier alpha value is -3.61. The zero-order chi connectivity index (χ0) is 19.8. The van der Waals surface area contributed by atoms with Crippen LogP contribution in [0.25, 0.3) is 17.3 Å². The van der Waals surface area contributed by atoms with Crippen molar-refractivity contribution in [3.63, 3.8) is 0 Å². The average molecular weight is 379 g/mol. The molecule has 28 heavy (non-hydrogen) atoms. The van der Waals surface area contributed by atoms with Gasteiger partial charge in [0.25, 0.3) is 5.56 Å². The largest absolute Gasteiger partial charge is 0.494 e. The predicted molar refractivity (Wildman–Crippen MR) is 106 cm³/mol. The lowest BCUT2D eigenvalue weighted by Crippen LogP contribution is -2.31. The van der Waals surface area contributed by atoms with Gasteiger partial charge in [0.2, 0.25) is 5.91 Å². The minimum Gasteiger partial charge on any atom is -0.494 e. The molecular weight excluding hydrogens is 358 g/mol. The van der Waals surface area contributed by atoms with E-state index in [1.807, 2.05) is 31.2 Å².